The first kappa shape index (κ1) is 31.3. The SMILES string of the molecule is C=CC(=O)N1Cc2cc(-c3nc(-c4ccc5ncc(=O)n(C)c5c4)c4ccsc4c3-c3c(F)cc(F)cc3OCCOC)nn2C[C@H]1C. The van der Waals surface area contributed by atoms with Crippen molar-refractivity contribution in [1.29, 1.82) is 0 Å². The highest BCUT2D eigenvalue weighted by atomic mass is 32.1. The Morgan fingerprint density at radius 2 is 1.96 bits per heavy atom. The summed E-state index contributed by atoms with van der Waals surface area (Å²) in [6.45, 7) is 6.57. The molecule has 0 bridgehead atoms. The molecule has 4 aromatic heterocycles. The van der Waals surface area contributed by atoms with Crippen molar-refractivity contribution in [3.05, 3.63) is 94.4 Å². The molecule has 10 nitrogen and oxygen atoms in total. The van der Waals surface area contributed by atoms with Crippen LogP contribution >= 0.6 is 11.3 Å². The van der Waals surface area contributed by atoms with Crippen molar-refractivity contribution in [2.75, 3.05) is 20.3 Å². The molecule has 0 fully saturated rings. The predicted octanol–water partition coefficient (Wildman–Crippen LogP) is 5.96. The van der Waals surface area contributed by atoms with E-state index in [1.54, 1.807) is 11.9 Å². The summed E-state index contributed by atoms with van der Waals surface area (Å²) in [5, 5.41) is 7.52. The van der Waals surface area contributed by atoms with Gasteiger partial charge in [0.15, 0.2) is 0 Å². The van der Waals surface area contributed by atoms with Crippen LogP contribution in [0, 0.1) is 11.6 Å². The van der Waals surface area contributed by atoms with Gasteiger partial charge in [-0.15, -0.1) is 11.3 Å². The first-order valence-electron chi connectivity index (χ1n) is 15.2. The molecule has 7 rings (SSSR count). The Morgan fingerprint density at radius 3 is 2.75 bits per heavy atom. The number of ether oxygens (including phenoxy) is 2. The molecule has 1 aliphatic heterocycles. The molecule has 48 heavy (non-hydrogen) atoms. The van der Waals surface area contributed by atoms with Gasteiger partial charge >= 0.3 is 0 Å². The van der Waals surface area contributed by atoms with Crippen LogP contribution in [0.25, 0.3) is 54.9 Å². The number of hydrogen-bond donors (Lipinski definition) is 0. The summed E-state index contributed by atoms with van der Waals surface area (Å²) in [5.41, 5.74) is 4.28. The molecular weight excluding hydrogens is 638 g/mol. The number of carbonyl (C=O) groups is 1. The zero-order chi connectivity index (χ0) is 33.7. The summed E-state index contributed by atoms with van der Waals surface area (Å²) in [6.07, 6.45) is 2.57. The minimum absolute atomic E-state index is 0.00202. The monoisotopic (exact) mass is 668 g/mol. The summed E-state index contributed by atoms with van der Waals surface area (Å²) in [5.74, 6) is -1.79. The Labute approximate surface area is 277 Å². The van der Waals surface area contributed by atoms with Crippen LogP contribution in [0.3, 0.4) is 0 Å². The lowest BCUT2D eigenvalue weighted by molar-refractivity contribution is -0.129. The number of aromatic nitrogens is 5. The van der Waals surface area contributed by atoms with E-state index in [4.69, 9.17) is 19.6 Å². The van der Waals surface area contributed by atoms with Crippen LogP contribution in [0.15, 0.2) is 71.5 Å². The first-order valence-corrected chi connectivity index (χ1v) is 16.0. The molecule has 1 amide bonds. The molecule has 1 aliphatic rings. The van der Waals surface area contributed by atoms with Gasteiger partial charge in [0.05, 0.1) is 53.9 Å². The number of amides is 1. The smallest absolute Gasteiger partial charge is 0.269 e. The van der Waals surface area contributed by atoms with Crippen molar-refractivity contribution >= 4 is 38.4 Å². The fourth-order valence-electron chi connectivity index (χ4n) is 6.13. The van der Waals surface area contributed by atoms with Crippen LogP contribution in [-0.4, -0.2) is 61.5 Å². The Hall–Kier alpha value is -5.27. The van der Waals surface area contributed by atoms with Gasteiger partial charge in [0.25, 0.3) is 5.56 Å². The highest BCUT2D eigenvalue weighted by molar-refractivity contribution is 7.18. The number of benzene rings is 2. The second-order valence-corrected chi connectivity index (χ2v) is 12.4. The molecular formula is C35H30F2N6O4S. The van der Waals surface area contributed by atoms with Gasteiger partial charge in [0, 0.05) is 53.5 Å². The predicted molar refractivity (Wildman–Crippen MR) is 180 cm³/mol. The Morgan fingerprint density at radius 1 is 1.12 bits per heavy atom. The van der Waals surface area contributed by atoms with Gasteiger partial charge in [-0.05, 0) is 42.6 Å². The normalized spacial score (nSPS) is 14.4. The number of carbonyl (C=O) groups excluding carboxylic acids is 1. The zero-order valence-corrected chi connectivity index (χ0v) is 27.2. The molecule has 1 atom stereocenters. The topological polar surface area (TPSA) is 104 Å². The first-order chi connectivity index (χ1) is 23.2. The van der Waals surface area contributed by atoms with Crippen molar-refractivity contribution in [3.8, 4) is 39.5 Å². The molecule has 0 N–H and O–H groups in total. The number of methoxy groups -OCH3 is 1. The van der Waals surface area contributed by atoms with Gasteiger partial charge in [-0.2, -0.15) is 5.10 Å². The number of halogens is 2. The molecule has 0 unspecified atom stereocenters. The van der Waals surface area contributed by atoms with E-state index in [0.717, 1.165) is 23.2 Å². The fourth-order valence-corrected chi connectivity index (χ4v) is 7.08. The summed E-state index contributed by atoms with van der Waals surface area (Å²) < 4.78 is 45.8. The maximum atomic E-state index is 16.1. The molecule has 2 aromatic carbocycles. The number of aryl methyl sites for hydroxylation is 1. The van der Waals surface area contributed by atoms with Crippen LogP contribution in [-0.2, 0) is 29.7 Å². The number of hydrogen-bond acceptors (Lipinski definition) is 8. The van der Waals surface area contributed by atoms with E-state index in [1.807, 2.05) is 47.3 Å². The summed E-state index contributed by atoms with van der Waals surface area (Å²) in [7, 11) is 3.19. The molecule has 0 radical (unpaired) electrons. The van der Waals surface area contributed by atoms with Crippen molar-refractivity contribution in [3.63, 3.8) is 0 Å². The van der Waals surface area contributed by atoms with E-state index < -0.39 is 11.6 Å². The molecule has 0 saturated heterocycles. The second-order valence-electron chi connectivity index (χ2n) is 11.5. The number of thiophene rings is 1. The second kappa shape index (κ2) is 12.4. The number of pyridine rings is 1. The van der Waals surface area contributed by atoms with Gasteiger partial charge in [0.2, 0.25) is 5.91 Å². The Balaban J connectivity index is 1.51. The maximum absolute atomic E-state index is 16.1. The third-order valence-corrected chi connectivity index (χ3v) is 9.47. The van der Waals surface area contributed by atoms with Crippen LogP contribution in [0.1, 0.15) is 12.6 Å². The standard InChI is InChI=1S/C35H30F2N6O4S/c1-5-29(44)42-18-22-15-26(40-43(22)17-19(42)2)34-32(31-24(37)13-21(36)14-28(31)47-10-9-46-4)35-23(8-11-48-35)33(39-34)20-6-7-25-27(12-20)41(3)30(45)16-38-25/h5-8,11-16,19H,1,9-10,17-18H2,2-4H3/t19-/m1/s1. The van der Waals surface area contributed by atoms with Crippen LogP contribution in [0.5, 0.6) is 5.75 Å². The lowest BCUT2D eigenvalue weighted by Gasteiger charge is -2.33. The highest BCUT2D eigenvalue weighted by Gasteiger charge is 2.30. The molecule has 0 aliphatic carbocycles. The minimum Gasteiger partial charge on any atom is -0.490 e. The molecule has 0 spiro atoms. The van der Waals surface area contributed by atoms with Gasteiger partial charge < -0.3 is 18.9 Å². The largest absolute Gasteiger partial charge is 0.490 e. The molecule has 13 heteroatoms. The molecule has 0 saturated carbocycles. The Bertz CT molecular complexity index is 2310. The lowest BCUT2D eigenvalue weighted by atomic mass is 9.96. The minimum atomic E-state index is -0.819. The van der Waals surface area contributed by atoms with Crippen LogP contribution in [0.4, 0.5) is 8.78 Å². The third kappa shape index (κ3) is 5.34. The van der Waals surface area contributed by atoms with Crippen LogP contribution in [0.2, 0.25) is 0 Å². The summed E-state index contributed by atoms with van der Waals surface area (Å²) in [4.78, 5) is 36.2. The van der Waals surface area contributed by atoms with Crippen molar-refractivity contribution in [2.45, 2.75) is 26.1 Å². The van der Waals surface area contributed by atoms with Gasteiger partial charge in [-0.1, -0.05) is 12.6 Å². The molecule has 244 valence electrons. The Kier molecular flexibility index (Phi) is 8.09. The van der Waals surface area contributed by atoms with Crippen molar-refractivity contribution in [2.24, 2.45) is 7.05 Å². The quantitative estimate of drug-likeness (QED) is 0.146. The van der Waals surface area contributed by atoms with Crippen LogP contribution < -0.4 is 10.3 Å². The van der Waals surface area contributed by atoms with E-state index in [2.05, 4.69) is 11.6 Å². The van der Waals surface area contributed by atoms with Crippen molar-refractivity contribution in [1.82, 2.24) is 29.2 Å². The van der Waals surface area contributed by atoms with E-state index in [0.29, 0.717) is 57.0 Å². The molecule has 5 heterocycles. The van der Waals surface area contributed by atoms with E-state index >= 15 is 4.39 Å². The number of nitrogens with zero attached hydrogens (tertiary/aromatic N) is 6. The van der Waals surface area contributed by atoms with Crippen molar-refractivity contribution < 1.29 is 23.0 Å². The average molecular weight is 669 g/mol. The van der Waals surface area contributed by atoms with Gasteiger partial charge in [-0.3, -0.25) is 14.3 Å². The third-order valence-electron chi connectivity index (χ3n) is 8.54. The highest BCUT2D eigenvalue weighted by Crippen LogP contribution is 2.47. The fraction of sp³-hybridized carbons (Fsp3) is 0.229. The van der Waals surface area contributed by atoms with Gasteiger partial charge in [-0.25, -0.2) is 18.7 Å². The van der Waals surface area contributed by atoms with E-state index in [1.165, 1.54) is 35.3 Å². The van der Waals surface area contributed by atoms with E-state index in [-0.39, 0.29) is 42.0 Å². The average Bonchev–Trinajstić information content (AvgIpc) is 3.73. The zero-order valence-electron chi connectivity index (χ0n) is 26.4. The number of rotatable bonds is 8. The maximum Gasteiger partial charge on any atom is 0.269 e. The molecule has 6 aromatic rings. The summed E-state index contributed by atoms with van der Waals surface area (Å²) in [6, 6.07) is 11.1. The summed E-state index contributed by atoms with van der Waals surface area (Å²) >= 11 is 1.38. The van der Waals surface area contributed by atoms with E-state index in [9.17, 15) is 14.0 Å². The van der Waals surface area contributed by atoms with Gasteiger partial charge in [0.1, 0.15) is 35.4 Å². The lowest BCUT2D eigenvalue weighted by Crippen LogP contribution is -2.44. The number of fused-ring (bicyclic) bond motifs is 3.